The van der Waals surface area contributed by atoms with Gasteiger partial charge in [0.05, 0.1) is 7.11 Å². The summed E-state index contributed by atoms with van der Waals surface area (Å²) in [4.78, 5) is 32.1. The lowest BCUT2D eigenvalue weighted by molar-refractivity contribution is -0.141. The molecule has 0 saturated carbocycles. The van der Waals surface area contributed by atoms with Gasteiger partial charge in [0.1, 0.15) is 17.2 Å². The number of hydrogen-bond acceptors (Lipinski definition) is 9. The van der Waals surface area contributed by atoms with Gasteiger partial charge in [0.2, 0.25) is 11.9 Å². The van der Waals surface area contributed by atoms with E-state index in [2.05, 4.69) is 45.6 Å². The SMILES string of the molecule is COC(=O)Nc1cccc(-c2nc(NCC(C)(C)C)nc(Nc3ccnc(C(F)(F)F)c3)n2)n1. The Hall–Kier alpha value is -4.03. The van der Waals surface area contributed by atoms with Crippen molar-refractivity contribution in [2.24, 2.45) is 5.41 Å². The first-order valence-corrected chi connectivity index (χ1v) is 10.1. The molecule has 0 atom stereocenters. The smallest absolute Gasteiger partial charge is 0.433 e. The number of amides is 1. The Morgan fingerprint density at radius 1 is 1.03 bits per heavy atom. The Kier molecular flexibility index (Phi) is 7.13. The van der Waals surface area contributed by atoms with Gasteiger partial charge >= 0.3 is 12.3 Å². The average molecular weight is 476 g/mol. The molecule has 0 bridgehead atoms. The van der Waals surface area contributed by atoms with E-state index in [-0.39, 0.29) is 34.6 Å². The molecule has 0 aliphatic heterocycles. The van der Waals surface area contributed by atoms with Crippen LogP contribution in [-0.4, -0.2) is 44.7 Å². The monoisotopic (exact) mass is 476 g/mol. The number of ether oxygens (including phenoxy) is 1. The third-order valence-corrected chi connectivity index (χ3v) is 4.11. The second-order valence-corrected chi connectivity index (χ2v) is 8.30. The number of nitrogens with zero attached hydrogens (tertiary/aromatic N) is 5. The third-order valence-electron chi connectivity index (χ3n) is 4.11. The number of halogens is 3. The molecule has 0 saturated heterocycles. The van der Waals surface area contributed by atoms with Gasteiger partial charge in [-0.1, -0.05) is 26.8 Å². The highest BCUT2D eigenvalue weighted by Gasteiger charge is 2.32. The van der Waals surface area contributed by atoms with Gasteiger partial charge < -0.3 is 15.4 Å². The van der Waals surface area contributed by atoms with Crippen molar-refractivity contribution >= 4 is 29.5 Å². The minimum atomic E-state index is -4.60. The van der Waals surface area contributed by atoms with E-state index in [1.807, 2.05) is 20.8 Å². The van der Waals surface area contributed by atoms with E-state index < -0.39 is 18.0 Å². The lowest BCUT2D eigenvalue weighted by atomic mass is 9.97. The molecule has 1 amide bonds. The van der Waals surface area contributed by atoms with Gasteiger partial charge in [-0.3, -0.25) is 10.3 Å². The predicted octanol–water partition coefficient (Wildman–Crippen LogP) is 4.73. The summed E-state index contributed by atoms with van der Waals surface area (Å²) < 4.78 is 43.7. The molecule has 0 unspecified atom stereocenters. The highest BCUT2D eigenvalue weighted by Crippen LogP contribution is 2.29. The summed E-state index contributed by atoms with van der Waals surface area (Å²) in [6.07, 6.45) is -4.26. The molecular weight excluding hydrogens is 453 g/mol. The van der Waals surface area contributed by atoms with Crippen molar-refractivity contribution < 1.29 is 22.7 Å². The molecule has 0 radical (unpaired) electrons. The fourth-order valence-electron chi connectivity index (χ4n) is 2.55. The molecule has 10 nitrogen and oxygen atoms in total. The number of rotatable bonds is 6. The van der Waals surface area contributed by atoms with E-state index in [0.717, 1.165) is 12.3 Å². The van der Waals surface area contributed by atoms with E-state index in [1.54, 1.807) is 18.2 Å². The summed E-state index contributed by atoms with van der Waals surface area (Å²) >= 11 is 0. The van der Waals surface area contributed by atoms with Gasteiger partial charge in [0.15, 0.2) is 5.82 Å². The van der Waals surface area contributed by atoms with Crippen LogP contribution in [0, 0.1) is 5.41 Å². The van der Waals surface area contributed by atoms with Crippen molar-refractivity contribution in [2.45, 2.75) is 26.9 Å². The number of carbonyl (C=O) groups is 1. The fourth-order valence-corrected chi connectivity index (χ4v) is 2.55. The van der Waals surface area contributed by atoms with E-state index in [4.69, 9.17) is 0 Å². The number of hydrogen-bond donors (Lipinski definition) is 3. The van der Waals surface area contributed by atoms with Crippen LogP contribution in [0.5, 0.6) is 0 Å². The maximum Gasteiger partial charge on any atom is 0.433 e. The molecular formula is C21H23F3N8O2. The largest absolute Gasteiger partial charge is 0.453 e. The Bertz CT molecular complexity index is 1170. The first-order chi connectivity index (χ1) is 15.9. The molecule has 0 fully saturated rings. The van der Waals surface area contributed by atoms with Crippen molar-refractivity contribution in [3.05, 3.63) is 42.2 Å². The molecule has 0 aliphatic carbocycles. The molecule has 3 N–H and O–H groups in total. The topological polar surface area (TPSA) is 127 Å². The summed E-state index contributed by atoms with van der Waals surface area (Å²) in [5.41, 5.74) is -0.768. The van der Waals surface area contributed by atoms with E-state index >= 15 is 0 Å². The number of alkyl halides is 3. The van der Waals surface area contributed by atoms with E-state index in [1.165, 1.54) is 13.2 Å². The van der Waals surface area contributed by atoms with Crippen LogP contribution in [0.2, 0.25) is 0 Å². The van der Waals surface area contributed by atoms with Crippen LogP contribution in [0.1, 0.15) is 26.5 Å². The van der Waals surface area contributed by atoms with Crippen LogP contribution in [-0.2, 0) is 10.9 Å². The lowest BCUT2D eigenvalue weighted by Gasteiger charge is -2.19. The minimum absolute atomic E-state index is 0.00568. The van der Waals surface area contributed by atoms with Gasteiger partial charge in [-0.05, 0) is 29.7 Å². The van der Waals surface area contributed by atoms with Crippen LogP contribution >= 0.6 is 0 Å². The van der Waals surface area contributed by atoms with Crippen molar-refractivity contribution in [2.75, 3.05) is 29.6 Å². The summed E-state index contributed by atoms with van der Waals surface area (Å²) in [6, 6.07) is 7.01. The molecule has 0 spiro atoms. The summed E-state index contributed by atoms with van der Waals surface area (Å²) in [6.45, 7) is 6.56. The molecule has 0 aliphatic rings. The maximum atomic E-state index is 13.0. The molecule has 3 aromatic rings. The van der Waals surface area contributed by atoms with Gasteiger partial charge in [0, 0.05) is 18.4 Å². The highest BCUT2D eigenvalue weighted by atomic mass is 19.4. The Morgan fingerprint density at radius 3 is 2.44 bits per heavy atom. The Morgan fingerprint density at radius 2 is 1.76 bits per heavy atom. The van der Waals surface area contributed by atoms with Gasteiger partial charge in [0.25, 0.3) is 0 Å². The molecule has 180 valence electrons. The van der Waals surface area contributed by atoms with Crippen molar-refractivity contribution in [1.29, 1.82) is 0 Å². The van der Waals surface area contributed by atoms with Crippen molar-refractivity contribution in [1.82, 2.24) is 24.9 Å². The molecule has 34 heavy (non-hydrogen) atoms. The second kappa shape index (κ2) is 9.85. The standard InChI is InChI=1S/C21H23F3N8O2/c1-20(2,3)11-26-17-30-16(13-6-5-7-15(28-13)29-19(33)34-4)31-18(32-17)27-12-8-9-25-14(10-12)21(22,23)24/h5-10H,11H2,1-4H3,(H,28,29,33)(H2,25,26,27,30,31,32). The van der Waals surface area contributed by atoms with Crippen molar-refractivity contribution in [3.8, 4) is 11.5 Å². The van der Waals surface area contributed by atoms with Crippen LogP contribution < -0.4 is 16.0 Å². The van der Waals surface area contributed by atoms with Crippen LogP contribution in [0.15, 0.2) is 36.5 Å². The summed E-state index contributed by atoms with van der Waals surface area (Å²) in [5, 5.41) is 8.31. The molecule has 0 aromatic carbocycles. The number of carbonyl (C=O) groups excluding carboxylic acids is 1. The Labute approximate surface area is 193 Å². The number of anilines is 4. The number of aromatic nitrogens is 5. The molecule has 3 heterocycles. The predicted molar refractivity (Wildman–Crippen MR) is 120 cm³/mol. The maximum absolute atomic E-state index is 13.0. The van der Waals surface area contributed by atoms with Gasteiger partial charge in [-0.2, -0.15) is 28.1 Å². The van der Waals surface area contributed by atoms with Crippen LogP contribution in [0.3, 0.4) is 0 Å². The second-order valence-electron chi connectivity index (χ2n) is 8.30. The first-order valence-electron chi connectivity index (χ1n) is 10.1. The van der Waals surface area contributed by atoms with Crippen molar-refractivity contribution in [3.63, 3.8) is 0 Å². The van der Waals surface area contributed by atoms with Gasteiger partial charge in [-0.25, -0.2) is 9.78 Å². The summed E-state index contributed by atoms with van der Waals surface area (Å²) in [5.74, 6) is 0.523. The zero-order chi connectivity index (χ0) is 24.9. The third kappa shape index (κ3) is 6.98. The number of pyridine rings is 2. The molecule has 3 aromatic heterocycles. The van der Waals surface area contributed by atoms with Crippen LogP contribution in [0.25, 0.3) is 11.5 Å². The molecule has 13 heteroatoms. The molecule has 3 rings (SSSR count). The number of methoxy groups -OCH3 is 1. The first kappa shape index (κ1) is 24.6. The zero-order valence-electron chi connectivity index (χ0n) is 18.9. The van der Waals surface area contributed by atoms with Crippen LogP contribution in [0.4, 0.5) is 41.4 Å². The van der Waals surface area contributed by atoms with Gasteiger partial charge in [-0.15, -0.1) is 0 Å². The highest BCUT2D eigenvalue weighted by molar-refractivity contribution is 5.83. The number of nitrogens with one attached hydrogen (secondary N) is 3. The Balaban J connectivity index is 1.98. The van der Waals surface area contributed by atoms with E-state index in [0.29, 0.717) is 12.2 Å². The average Bonchev–Trinajstić information content (AvgIpc) is 2.77. The lowest BCUT2D eigenvalue weighted by Crippen LogP contribution is -2.21. The minimum Gasteiger partial charge on any atom is -0.453 e. The fraction of sp³-hybridized carbons (Fsp3) is 0.333. The summed E-state index contributed by atoms with van der Waals surface area (Å²) in [7, 11) is 1.22. The normalized spacial score (nSPS) is 11.6. The van der Waals surface area contributed by atoms with E-state index in [9.17, 15) is 18.0 Å². The zero-order valence-corrected chi connectivity index (χ0v) is 18.9. The quantitative estimate of drug-likeness (QED) is 0.463.